The Labute approximate surface area is 138 Å². The fourth-order valence-corrected chi connectivity index (χ4v) is 3.36. The number of carbonyl (C=O) groups is 1. The van der Waals surface area contributed by atoms with E-state index in [9.17, 15) is 4.79 Å². The van der Waals surface area contributed by atoms with Gasteiger partial charge >= 0.3 is 0 Å². The van der Waals surface area contributed by atoms with Gasteiger partial charge < -0.3 is 10.6 Å². The summed E-state index contributed by atoms with van der Waals surface area (Å²) in [5, 5.41) is 0. The molecule has 0 saturated carbocycles. The lowest BCUT2D eigenvalue weighted by Crippen LogP contribution is -2.32. The lowest BCUT2D eigenvalue weighted by molar-refractivity contribution is -0.130. The molecule has 2 aromatic carbocycles. The van der Waals surface area contributed by atoms with Gasteiger partial charge in [-0.3, -0.25) is 4.79 Å². The average molecular weight is 308 g/mol. The van der Waals surface area contributed by atoms with Crippen molar-refractivity contribution in [3.8, 4) is 0 Å². The smallest absolute Gasteiger partial charge is 0.222 e. The molecule has 1 amide bonds. The molecule has 2 atom stereocenters. The molecule has 3 nitrogen and oxygen atoms in total. The number of rotatable bonds is 4. The van der Waals surface area contributed by atoms with Crippen molar-refractivity contribution in [1.29, 1.82) is 0 Å². The zero-order chi connectivity index (χ0) is 16.2. The summed E-state index contributed by atoms with van der Waals surface area (Å²) in [6, 6.07) is 18.7. The van der Waals surface area contributed by atoms with E-state index >= 15 is 0 Å². The molecule has 3 rings (SSSR count). The van der Waals surface area contributed by atoms with Crippen LogP contribution >= 0.6 is 0 Å². The molecule has 3 heteroatoms. The van der Waals surface area contributed by atoms with E-state index < -0.39 is 0 Å². The fourth-order valence-electron chi connectivity index (χ4n) is 3.36. The van der Waals surface area contributed by atoms with Crippen LogP contribution in [0.2, 0.25) is 0 Å². The van der Waals surface area contributed by atoms with E-state index in [2.05, 4.69) is 37.3 Å². The van der Waals surface area contributed by atoms with E-state index in [0.29, 0.717) is 13.0 Å². The van der Waals surface area contributed by atoms with Crippen LogP contribution in [-0.4, -0.2) is 29.9 Å². The highest BCUT2D eigenvalue weighted by atomic mass is 16.2. The molecule has 0 radical (unpaired) electrons. The summed E-state index contributed by atoms with van der Waals surface area (Å²) in [7, 11) is 0. The number of hydrogen-bond acceptors (Lipinski definition) is 2. The second-order valence-electron chi connectivity index (χ2n) is 6.47. The normalized spacial score (nSPS) is 20.7. The molecule has 120 valence electrons. The van der Waals surface area contributed by atoms with Crippen molar-refractivity contribution in [2.75, 3.05) is 13.1 Å². The molecule has 1 saturated heterocycles. The second kappa shape index (κ2) is 6.97. The third kappa shape index (κ3) is 3.80. The highest BCUT2D eigenvalue weighted by Gasteiger charge is 2.33. The van der Waals surface area contributed by atoms with E-state index in [1.54, 1.807) is 0 Å². The van der Waals surface area contributed by atoms with Crippen molar-refractivity contribution in [1.82, 2.24) is 4.90 Å². The van der Waals surface area contributed by atoms with Gasteiger partial charge in [-0.25, -0.2) is 0 Å². The van der Waals surface area contributed by atoms with Crippen molar-refractivity contribution in [2.24, 2.45) is 5.73 Å². The van der Waals surface area contributed by atoms with Gasteiger partial charge in [0.15, 0.2) is 0 Å². The van der Waals surface area contributed by atoms with E-state index in [0.717, 1.165) is 13.0 Å². The van der Waals surface area contributed by atoms with Gasteiger partial charge in [0.25, 0.3) is 0 Å². The fraction of sp³-hybridized carbons (Fsp3) is 0.350. The third-order valence-electron chi connectivity index (χ3n) is 4.66. The Hall–Kier alpha value is -2.13. The molecule has 23 heavy (non-hydrogen) atoms. The van der Waals surface area contributed by atoms with Gasteiger partial charge in [0.1, 0.15) is 0 Å². The van der Waals surface area contributed by atoms with Gasteiger partial charge in [0.2, 0.25) is 5.91 Å². The summed E-state index contributed by atoms with van der Waals surface area (Å²) in [5.74, 6) is 0.458. The van der Waals surface area contributed by atoms with Crippen LogP contribution < -0.4 is 5.73 Å². The lowest BCUT2D eigenvalue weighted by atomic mass is 9.95. The molecular formula is C20H24N2O. The van der Waals surface area contributed by atoms with Crippen LogP contribution in [0.4, 0.5) is 0 Å². The Morgan fingerprint density at radius 3 is 2.65 bits per heavy atom. The molecule has 0 bridgehead atoms. The van der Waals surface area contributed by atoms with Crippen molar-refractivity contribution >= 4 is 5.91 Å². The topological polar surface area (TPSA) is 46.3 Å². The SMILES string of the molecule is Cc1cccc(CCC(=O)N2C[C@@H](N)[C@H](c3ccccc3)C2)c1. The number of aryl methyl sites for hydroxylation is 2. The molecule has 0 aliphatic carbocycles. The minimum Gasteiger partial charge on any atom is -0.340 e. The molecule has 2 aromatic rings. The maximum atomic E-state index is 12.5. The molecular weight excluding hydrogens is 284 g/mol. The van der Waals surface area contributed by atoms with Crippen molar-refractivity contribution < 1.29 is 4.79 Å². The Balaban J connectivity index is 1.58. The maximum absolute atomic E-state index is 12.5. The van der Waals surface area contributed by atoms with E-state index in [1.165, 1.54) is 16.7 Å². The van der Waals surface area contributed by atoms with Crippen LogP contribution in [0.1, 0.15) is 29.0 Å². The Kier molecular flexibility index (Phi) is 4.77. The zero-order valence-electron chi connectivity index (χ0n) is 13.6. The average Bonchev–Trinajstić information content (AvgIpc) is 2.95. The van der Waals surface area contributed by atoms with Crippen molar-refractivity contribution in [3.63, 3.8) is 0 Å². The van der Waals surface area contributed by atoms with E-state index in [4.69, 9.17) is 5.73 Å². The number of hydrogen-bond donors (Lipinski definition) is 1. The van der Waals surface area contributed by atoms with Gasteiger partial charge in [-0.05, 0) is 24.5 Å². The predicted molar refractivity (Wildman–Crippen MR) is 93.2 cm³/mol. The van der Waals surface area contributed by atoms with E-state index in [-0.39, 0.29) is 17.9 Å². The Bertz CT molecular complexity index is 668. The van der Waals surface area contributed by atoms with Gasteiger partial charge in [-0.1, -0.05) is 60.2 Å². The molecule has 1 aliphatic rings. The largest absolute Gasteiger partial charge is 0.340 e. The van der Waals surface area contributed by atoms with Crippen LogP contribution in [-0.2, 0) is 11.2 Å². The summed E-state index contributed by atoms with van der Waals surface area (Å²) in [6.07, 6.45) is 1.35. The minimum absolute atomic E-state index is 0.0281. The van der Waals surface area contributed by atoms with Crippen LogP contribution in [0.15, 0.2) is 54.6 Å². The van der Waals surface area contributed by atoms with Crippen molar-refractivity contribution in [2.45, 2.75) is 31.7 Å². The summed E-state index contributed by atoms with van der Waals surface area (Å²) in [4.78, 5) is 14.4. The lowest BCUT2D eigenvalue weighted by Gasteiger charge is -2.16. The van der Waals surface area contributed by atoms with Gasteiger partial charge in [0, 0.05) is 31.5 Å². The van der Waals surface area contributed by atoms with Crippen LogP contribution in [0.5, 0.6) is 0 Å². The second-order valence-corrected chi connectivity index (χ2v) is 6.47. The molecule has 0 spiro atoms. The molecule has 2 N–H and O–H groups in total. The van der Waals surface area contributed by atoms with Gasteiger partial charge in [-0.2, -0.15) is 0 Å². The number of likely N-dealkylation sites (tertiary alicyclic amines) is 1. The number of carbonyl (C=O) groups excluding carboxylic acids is 1. The standard InChI is InChI=1S/C20H24N2O/c1-15-6-5-7-16(12-15)10-11-20(23)22-13-18(19(21)14-22)17-8-3-2-4-9-17/h2-9,12,18-19H,10-11,13-14,21H2,1H3/t18-,19+/m0/s1. The Morgan fingerprint density at radius 1 is 1.13 bits per heavy atom. The highest BCUT2D eigenvalue weighted by Crippen LogP contribution is 2.26. The maximum Gasteiger partial charge on any atom is 0.222 e. The summed E-state index contributed by atoms with van der Waals surface area (Å²) in [6.45, 7) is 3.47. The predicted octanol–water partition coefficient (Wildman–Crippen LogP) is 2.88. The van der Waals surface area contributed by atoms with E-state index in [1.807, 2.05) is 29.2 Å². The first-order valence-corrected chi connectivity index (χ1v) is 8.27. The molecule has 0 aromatic heterocycles. The number of benzene rings is 2. The summed E-state index contributed by atoms with van der Waals surface area (Å²) < 4.78 is 0. The summed E-state index contributed by atoms with van der Waals surface area (Å²) >= 11 is 0. The Morgan fingerprint density at radius 2 is 1.91 bits per heavy atom. The van der Waals surface area contributed by atoms with Gasteiger partial charge in [0.05, 0.1) is 0 Å². The zero-order valence-corrected chi connectivity index (χ0v) is 13.6. The molecule has 1 heterocycles. The van der Waals surface area contributed by atoms with Crippen LogP contribution in [0.3, 0.4) is 0 Å². The van der Waals surface area contributed by atoms with Crippen LogP contribution in [0.25, 0.3) is 0 Å². The van der Waals surface area contributed by atoms with Crippen LogP contribution in [0, 0.1) is 6.92 Å². The number of amides is 1. The molecule has 0 unspecified atom stereocenters. The molecule has 1 fully saturated rings. The van der Waals surface area contributed by atoms with Crippen molar-refractivity contribution in [3.05, 3.63) is 71.3 Å². The monoisotopic (exact) mass is 308 g/mol. The van der Waals surface area contributed by atoms with Gasteiger partial charge in [-0.15, -0.1) is 0 Å². The number of nitrogens with two attached hydrogens (primary N) is 1. The number of nitrogens with zero attached hydrogens (tertiary/aromatic N) is 1. The first-order chi connectivity index (χ1) is 11.1. The minimum atomic E-state index is 0.0281. The first kappa shape index (κ1) is 15.8. The highest BCUT2D eigenvalue weighted by molar-refractivity contribution is 5.77. The summed E-state index contributed by atoms with van der Waals surface area (Å²) in [5.41, 5.74) is 9.96. The third-order valence-corrected chi connectivity index (χ3v) is 4.66. The molecule has 1 aliphatic heterocycles. The quantitative estimate of drug-likeness (QED) is 0.944. The first-order valence-electron chi connectivity index (χ1n) is 8.27.